The molecule has 4 nitrogen and oxygen atoms in total. The molecule has 0 radical (unpaired) electrons. The SMILES string of the molecule is CC1(c2cccs2)NC(=O)N(Cc2ccc(F)cc2Br)C1=O. The highest BCUT2D eigenvalue weighted by Gasteiger charge is 2.49. The molecule has 2 aromatic rings. The number of urea groups is 1. The maximum absolute atomic E-state index is 13.1. The minimum Gasteiger partial charge on any atom is -0.319 e. The third-order valence-corrected chi connectivity index (χ3v) is 5.46. The van der Waals surface area contributed by atoms with Crippen molar-refractivity contribution < 1.29 is 14.0 Å². The Morgan fingerprint density at radius 2 is 2.14 bits per heavy atom. The smallest absolute Gasteiger partial charge is 0.319 e. The monoisotopic (exact) mass is 382 g/mol. The van der Waals surface area contributed by atoms with Crippen molar-refractivity contribution >= 4 is 39.2 Å². The molecule has 1 aliphatic heterocycles. The lowest BCUT2D eigenvalue weighted by molar-refractivity contribution is -0.131. The summed E-state index contributed by atoms with van der Waals surface area (Å²) in [6.07, 6.45) is 0. The number of hydrogen-bond acceptors (Lipinski definition) is 3. The summed E-state index contributed by atoms with van der Waals surface area (Å²) in [7, 11) is 0. The van der Waals surface area contributed by atoms with Crippen LogP contribution in [0.25, 0.3) is 0 Å². The fourth-order valence-electron chi connectivity index (χ4n) is 2.39. The van der Waals surface area contributed by atoms with Crippen molar-refractivity contribution in [1.29, 1.82) is 0 Å². The van der Waals surface area contributed by atoms with Gasteiger partial charge in [-0.3, -0.25) is 9.69 Å². The number of rotatable bonds is 3. The van der Waals surface area contributed by atoms with Crippen LogP contribution in [0.1, 0.15) is 17.4 Å². The van der Waals surface area contributed by atoms with E-state index in [-0.39, 0.29) is 18.3 Å². The van der Waals surface area contributed by atoms with Crippen molar-refractivity contribution in [3.63, 3.8) is 0 Å². The average molecular weight is 383 g/mol. The molecule has 114 valence electrons. The lowest BCUT2D eigenvalue weighted by Gasteiger charge is -2.20. The summed E-state index contributed by atoms with van der Waals surface area (Å²) in [5, 5.41) is 4.60. The molecule has 1 atom stereocenters. The summed E-state index contributed by atoms with van der Waals surface area (Å²) in [5.41, 5.74) is -0.377. The molecule has 0 spiro atoms. The van der Waals surface area contributed by atoms with Gasteiger partial charge < -0.3 is 5.32 Å². The molecule has 7 heteroatoms. The molecule has 1 aromatic heterocycles. The first-order valence-electron chi connectivity index (χ1n) is 6.54. The molecule has 1 aromatic carbocycles. The van der Waals surface area contributed by atoms with Crippen LogP contribution < -0.4 is 5.32 Å². The normalized spacial score (nSPS) is 21.3. The third kappa shape index (κ3) is 2.44. The van der Waals surface area contributed by atoms with Gasteiger partial charge in [-0.15, -0.1) is 11.3 Å². The van der Waals surface area contributed by atoms with E-state index in [0.29, 0.717) is 10.0 Å². The molecule has 22 heavy (non-hydrogen) atoms. The van der Waals surface area contributed by atoms with Gasteiger partial charge in [0.2, 0.25) is 0 Å². The molecule has 1 saturated heterocycles. The van der Waals surface area contributed by atoms with Gasteiger partial charge >= 0.3 is 6.03 Å². The number of amides is 3. The van der Waals surface area contributed by atoms with Gasteiger partial charge in [-0.1, -0.05) is 28.1 Å². The lowest BCUT2D eigenvalue weighted by atomic mass is 10.0. The Labute approximate surface area is 139 Å². The molecule has 3 amide bonds. The summed E-state index contributed by atoms with van der Waals surface area (Å²) in [4.78, 5) is 26.8. The standard InChI is InChI=1S/C15H12BrFN2O2S/c1-15(12-3-2-6-22-12)13(20)19(14(21)18-15)8-9-4-5-10(17)7-11(9)16/h2-7H,8H2,1H3,(H,18,21). The Morgan fingerprint density at radius 1 is 1.36 bits per heavy atom. The number of carbonyl (C=O) groups is 2. The Bertz CT molecular complexity index is 750. The molecule has 2 heterocycles. The number of thiophene rings is 1. The lowest BCUT2D eigenvalue weighted by Crippen LogP contribution is -2.40. The van der Waals surface area contributed by atoms with Crippen LogP contribution in [0.4, 0.5) is 9.18 Å². The Morgan fingerprint density at radius 3 is 2.77 bits per heavy atom. The number of hydrogen-bond donors (Lipinski definition) is 1. The predicted octanol–water partition coefficient (Wildman–Crippen LogP) is 3.62. The molecule has 1 aliphatic rings. The van der Waals surface area contributed by atoms with Gasteiger partial charge in [-0.2, -0.15) is 0 Å². The highest BCUT2D eigenvalue weighted by atomic mass is 79.9. The number of halogens is 2. The Hall–Kier alpha value is -1.73. The van der Waals surface area contributed by atoms with Crippen molar-refractivity contribution in [3.8, 4) is 0 Å². The fourth-order valence-corrected chi connectivity index (χ4v) is 3.70. The second-order valence-corrected chi connectivity index (χ2v) is 6.96. The van der Waals surface area contributed by atoms with Gasteiger partial charge in [0.1, 0.15) is 5.82 Å². The largest absolute Gasteiger partial charge is 0.325 e. The molecule has 0 bridgehead atoms. The zero-order chi connectivity index (χ0) is 15.9. The van der Waals surface area contributed by atoms with Gasteiger partial charge in [-0.25, -0.2) is 9.18 Å². The van der Waals surface area contributed by atoms with Crippen molar-refractivity contribution in [2.75, 3.05) is 0 Å². The minimum atomic E-state index is -1.04. The number of nitrogens with zero attached hydrogens (tertiary/aromatic N) is 1. The summed E-state index contributed by atoms with van der Waals surface area (Å²) in [6.45, 7) is 1.78. The Balaban J connectivity index is 1.89. The second-order valence-electron chi connectivity index (χ2n) is 5.16. The van der Waals surface area contributed by atoms with Crippen molar-refractivity contribution in [2.45, 2.75) is 19.0 Å². The second kappa shape index (κ2) is 5.48. The summed E-state index contributed by atoms with van der Waals surface area (Å²) < 4.78 is 13.7. The Kier molecular flexibility index (Phi) is 3.78. The molecular formula is C15H12BrFN2O2S. The summed E-state index contributed by atoms with van der Waals surface area (Å²) in [5.74, 6) is -0.688. The van der Waals surface area contributed by atoms with E-state index >= 15 is 0 Å². The van der Waals surface area contributed by atoms with Gasteiger partial charge in [0, 0.05) is 9.35 Å². The first-order chi connectivity index (χ1) is 10.4. The molecule has 1 fully saturated rings. The average Bonchev–Trinajstić information content (AvgIpc) is 3.06. The quantitative estimate of drug-likeness (QED) is 0.824. The van der Waals surface area contributed by atoms with E-state index in [0.717, 1.165) is 9.78 Å². The van der Waals surface area contributed by atoms with Crippen LogP contribution >= 0.6 is 27.3 Å². The summed E-state index contributed by atoms with van der Waals surface area (Å²) in [6, 6.07) is 7.38. The number of benzene rings is 1. The first kappa shape index (κ1) is 15.2. The van der Waals surface area contributed by atoms with Crippen LogP contribution in [-0.4, -0.2) is 16.8 Å². The van der Waals surface area contributed by atoms with Gasteiger partial charge in [0.15, 0.2) is 5.54 Å². The maximum Gasteiger partial charge on any atom is 0.325 e. The predicted molar refractivity (Wildman–Crippen MR) is 84.9 cm³/mol. The van der Waals surface area contributed by atoms with Gasteiger partial charge in [0.25, 0.3) is 5.91 Å². The van der Waals surface area contributed by atoms with Crippen LogP contribution in [0.2, 0.25) is 0 Å². The maximum atomic E-state index is 13.1. The van der Waals surface area contributed by atoms with Crippen LogP contribution in [0.3, 0.4) is 0 Å². The van der Waals surface area contributed by atoms with E-state index in [1.165, 1.54) is 23.5 Å². The van der Waals surface area contributed by atoms with E-state index in [1.807, 2.05) is 17.5 Å². The number of nitrogens with one attached hydrogen (secondary N) is 1. The topological polar surface area (TPSA) is 49.4 Å². The zero-order valence-corrected chi connectivity index (χ0v) is 14.0. The van der Waals surface area contributed by atoms with Crippen LogP contribution in [0.15, 0.2) is 40.2 Å². The summed E-state index contributed by atoms with van der Waals surface area (Å²) >= 11 is 4.67. The minimum absolute atomic E-state index is 0.0898. The van der Waals surface area contributed by atoms with E-state index in [1.54, 1.807) is 13.0 Å². The molecule has 1 unspecified atom stereocenters. The fraction of sp³-hybridized carbons (Fsp3) is 0.200. The third-order valence-electron chi connectivity index (χ3n) is 3.63. The highest BCUT2D eigenvalue weighted by molar-refractivity contribution is 9.10. The molecule has 0 aliphatic carbocycles. The van der Waals surface area contributed by atoms with E-state index in [2.05, 4.69) is 21.2 Å². The molecule has 1 N–H and O–H groups in total. The zero-order valence-electron chi connectivity index (χ0n) is 11.6. The molecule has 0 saturated carbocycles. The molecular weight excluding hydrogens is 371 g/mol. The van der Waals surface area contributed by atoms with Crippen LogP contribution in [-0.2, 0) is 16.9 Å². The first-order valence-corrected chi connectivity index (χ1v) is 8.21. The van der Waals surface area contributed by atoms with E-state index in [9.17, 15) is 14.0 Å². The van der Waals surface area contributed by atoms with Crippen LogP contribution in [0, 0.1) is 5.82 Å². The van der Waals surface area contributed by atoms with E-state index < -0.39 is 11.6 Å². The number of imide groups is 1. The van der Waals surface area contributed by atoms with E-state index in [4.69, 9.17) is 0 Å². The highest BCUT2D eigenvalue weighted by Crippen LogP contribution is 2.33. The van der Waals surface area contributed by atoms with Crippen molar-refractivity contribution in [1.82, 2.24) is 10.2 Å². The van der Waals surface area contributed by atoms with Crippen molar-refractivity contribution in [2.24, 2.45) is 0 Å². The molecule has 3 rings (SSSR count). The van der Waals surface area contributed by atoms with Gasteiger partial charge in [0.05, 0.1) is 6.54 Å². The van der Waals surface area contributed by atoms with Gasteiger partial charge in [-0.05, 0) is 36.1 Å². The number of carbonyl (C=O) groups excluding carboxylic acids is 2. The van der Waals surface area contributed by atoms with Crippen LogP contribution in [0.5, 0.6) is 0 Å². The van der Waals surface area contributed by atoms with Crippen molar-refractivity contribution in [3.05, 3.63) is 56.4 Å².